The van der Waals surface area contributed by atoms with Gasteiger partial charge in [0.15, 0.2) is 0 Å². The molecule has 0 spiro atoms. The lowest BCUT2D eigenvalue weighted by molar-refractivity contribution is -0.131. The maximum absolute atomic E-state index is 12.3. The van der Waals surface area contributed by atoms with Crippen molar-refractivity contribution in [2.45, 2.75) is 45.2 Å². The van der Waals surface area contributed by atoms with E-state index in [4.69, 9.17) is 11.6 Å². The molecule has 0 saturated carbocycles. The lowest BCUT2D eigenvalue weighted by atomic mass is 10.1. The molecule has 1 N–H and O–H groups in total. The van der Waals surface area contributed by atoms with Crippen LogP contribution in [0.25, 0.3) is 0 Å². The molecule has 2 aliphatic heterocycles. The Hall–Kier alpha value is -0.700. The lowest BCUT2D eigenvalue weighted by Gasteiger charge is -2.37. The zero-order valence-corrected chi connectivity index (χ0v) is 10.5. The first kappa shape index (κ1) is 11.8. The van der Waals surface area contributed by atoms with Gasteiger partial charge in [-0.3, -0.25) is 4.79 Å². The minimum Gasteiger partial charge on any atom is -0.368 e. The lowest BCUT2D eigenvalue weighted by Crippen LogP contribution is -2.52. The van der Waals surface area contributed by atoms with E-state index >= 15 is 0 Å². The monoisotopic (exact) mass is 242 g/mol. The average molecular weight is 243 g/mol. The van der Waals surface area contributed by atoms with E-state index in [0.29, 0.717) is 12.3 Å². The van der Waals surface area contributed by atoms with Crippen LogP contribution in [0.4, 0.5) is 0 Å². The molecule has 0 bridgehead atoms. The first-order valence-corrected chi connectivity index (χ1v) is 6.60. The van der Waals surface area contributed by atoms with Gasteiger partial charge < -0.3 is 10.2 Å². The topological polar surface area (TPSA) is 32.3 Å². The van der Waals surface area contributed by atoms with Gasteiger partial charge in [0, 0.05) is 23.7 Å². The molecule has 90 valence electrons. The van der Waals surface area contributed by atoms with Gasteiger partial charge in [-0.15, -0.1) is 11.6 Å². The van der Waals surface area contributed by atoms with Gasteiger partial charge in [-0.25, -0.2) is 0 Å². The van der Waals surface area contributed by atoms with Gasteiger partial charge in [0.05, 0.1) is 0 Å². The second-order valence-electron chi connectivity index (χ2n) is 4.55. The van der Waals surface area contributed by atoms with Crippen LogP contribution in [0.2, 0.25) is 0 Å². The third kappa shape index (κ3) is 2.19. The number of nitrogens with zero attached hydrogens (tertiary/aromatic N) is 1. The zero-order chi connectivity index (χ0) is 11.5. The maximum atomic E-state index is 12.3. The van der Waals surface area contributed by atoms with E-state index in [2.05, 4.69) is 5.32 Å². The summed E-state index contributed by atoms with van der Waals surface area (Å²) in [4.78, 5) is 14.3. The van der Waals surface area contributed by atoms with E-state index < -0.39 is 0 Å². The van der Waals surface area contributed by atoms with E-state index in [9.17, 15) is 4.79 Å². The van der Waals surface area contributed by atoms with Gasteiger partial charge in [0.2, 0.25) is 0 Å². The quantitative estimate of drug-likeness (QED) is 0.754. The molecule has 0 radical (unpaired) electrons. The van der Waals surface area contributed by atoms with Crippen molar-refractivity contribution in [2.75, 3.05) is 12.4 Å². The van der Waals surface area contributed by atoms with E-state index in [1.807, 2.05) is 11.8 Å². The van der Waals surface area contributed by atoms with Crippen molar-refractivity contribution in [3.8, 4) is 0 Å². The van der Waals surface area contributed by atoms with E-state index in [1.165, 1.54) is 12.8 Å². The van der Waals surface area contributed by atoms with E-state index in [1.54, 1.807) is 0 Å². The van der Waals surface area contributed by atoms with Gasteiger partial charge in [-0.1, -0.05) is 6.42 Å². The van der Waals surface area contributed by atoms with Crippen molar-refractivity contribution < 1.29 is 4.79 Å². The number of fused-ring (bicyclic) bond motifs is 1. The van der Waals surface area contributed by atoms with Crippen LogP contribution in [0, 0.1) is 0 Å². The molecule has 0 aromatic heterocycles. The third-order valence-corrected chi connectivity index (χ3v) is 3.64. The first-order chi connectivity index (χ1) is 7.74. The number of halogens is 1. The van der Waals surface area contributed by atoms with Crippen LogP contribution in [-0.4, -0.2) is 29.4 Å². The maximum Gasteiger partial charge on any atom is 0.253 e. The summed E-state index contributed by atoms with van der Waals surface area (Å²) in [5, 5.41) is 3.45. The summed E-state index contributed by atoms with van der Waals surface area (Å²) in [6.45, 7) is 2.87. The molecular weight excluding hydrogens is 224 g/mol. The molecule has 0 aromatic carbocycles. The Morgan fingerprint density at radius 1 is 1.44 bits per heavy atom. The van der Waals surface area contributed by atoms with Gasteiger partial charge in [0.25, 0.3) is 5.91 Å². The van der Waals surface area contributed by atoms with E-state index in [0.717, 1.165) is 30.7 Å². The Morgan fingerprint density at radius 3 is 3.00 bits per heavy atom. The van der Waals surface area contributed by atoms with Crippen molar-refractivity contribution in [2.24, 2.45) is 0 Å². The predicted octanol–water partition coefficient (Wildman–Crippen LogP) is 2.22. The summed E-state index contributed by atoms with van der Waals surface area (Å²) in [5.41, 5.74) is 1.89. The van der Waals surface area contributed by atoms with Gasteiger partial charge in [0.1, 0.15) is 6.17 Å². The molecule has 3 nitrogen and oxygen atoms in total. The molecule has 2 rings (SSSR count). The number of hydrogen-bond acceptors (Lipinski definition) is 2. The fraction of sp³-hybridized carbons (Fsp3) is 0.750. The minimum atomic E-state index is 0.198. The standard InChI is InChI=1S/C12H19ClN2O/c1-9-10(6-7-13)12(16)15-8-4-2-3-5-11(15)14-9/h11,14H,2-8H2,1H3. The number of amides is 1. The van der Waals surface area contributed by atoms with Crippen LogP contribution < -0.4 is 5.32 Å². The van der Waals surface area contributed by atoms with Crippen molar-refractivity contribution in [3.05, 3.63) is 11.3 Å². The van der Waals surface area contributed by atoms with Crippen LogP contribution in [0.5, 0.6) is 0 Å². The SMILES string of the molecule is CC1=C(CCCl)C(=O)N2CCCCCC2N1. The first-order valence-electron chi connectivity index (χ1n) is 6.07. The second kappa shape index (κ2) is 5.09. The van der Waals surface area contributed by atoms with Crippen molar-refractivity contribution in [1.82, 2.24) is 10.2 Å². The van der Waals surface area contributed by atoms with E-state index in [-0.39, 0.29) is 12.1 Å². The second-order valence-corrected chi connectivity index (χ2v) is 4.93. The molecule has 1 amide bonds. The molecule has 1 saturated heterocycles. The van der Waals surface area contributed by atoms with Crippen molar-refractivity contribution in [1.29, 1.82) is 0 Å². The third-order valence-electron chi connectivity index (χ3n) is 3.45. The van der Waals surface area contributed by atoms with Gasteiger partial charge >= 0.3 is 0 Å². The van der Waals surface area contributed by atoms with Crippen molar-refractivity contribution in [3.63, 3.8) is 0 Å². The summed E-state index contributed by atoms with van der Waals surface area (Å²) in [7, 11) is 0. The Bertz CT molecular complexity index is 314. The Morgan fingerprint density at radius 2 is 2.25 bits per heavy atom. The number of rotatable bonds is 2. The number of carbonyl (C=O) groups excluding carboxylic acids is 1. The Kier molecular flexibility index (Phi) is 3.74. The molecule has 1 unspecified atom stereocenters. The fourth-order valence-corrected chi connectivity index (χ4v) is 2.75. The molecule has 1 atom stereocenters. The van der Waals surface area contributed by atoms with Crippen LogP contribution in [0.3, 0.4) is 0 Å². The largest absolute Gasteiger partial charge is 0.368 e. The summed E-state index contributed by atoms with van der Waals surface area (Å²) >= 11 is 5.74. The highest BCUT2D eigenvalue weighted by molar-refractivity contribution is 6.18. The fourth-order valence-electron chi connectivity index (χ4n) is 2.56. The summed E-state index contributed by atoms with van der Waals surface area (Å²) in [5.74, 6) is 0.710. The van der Waals surface area contributed by atoms with Crippen LogP contribution in [-0.2, 0) is 4.79 Å². The average Bonchev–Trinajstić information content (AvgIpc) is 2.49. The molecule has 4 heteroatoms. The molecule has 16 heavy (non-hydrogen) atoms. The molecule has 0 aromatic rings. The van der Waals surface area contributed by atoms with Gasteiger partial charge in [-0.05, 0) is 32.6 Å². The summed E-state index contributed by atoms with van der Waals surface area (Å²) < 4.78 is 0. The molecular formula is C12H19ClN2O. The predicted molar refractivity (Wildman–Crippen MR) is 65.1 cm³/mol. The molecule has 2 heterocycles. The summed E-state index contributed by atoms with van der Waals surface area (Å²) in [6, 6.07) is 0. The van der Waals surface area contributed by atoms with Gasteiger partial charge in [-0.2, -0.15) is 0 Å². The zero-order valence-electron chi connectivity index (χ0n) is 9.76. The number of allylic oxidation sites excluding steroid dienone is 1. The molecule has 2 aliphatic rings. The summed E-state index contributed by atoms with van der Waals surface area (Å²) in [6.07, 6.45) is 5.51. The number of nitrogens with one attached hydrogen (secondary N) is 1. The number of hydrogen-bond donors (Lipinski definition) is 1. The number of carbonyl (C=O) groups is 1. The smallest absolute Gasteiger partial charge is 0.253 e. The highest BCUT2D eigenvalue weighted by Gasteiger charge is 2.32. The van der Waals surface area contributed by atoms with Crippen LogP contribution >= 0.6 is 11.6 Å². The van der Waals surface area contributed by atoms with Crippen molar-refractivity contribution >= 4 is 17.5 Å². The Labute approximate surface area is 102 Å². The molecule has 0 aliphatic carbocycles. The van der Waals surface area contributed by atoms with Crippen LogP contribution in [0.15, 0.2) is 11.3 Å². The highest BCUT2D eigenvalue weighted by atomic mass is 35.5. The van der Waals surface area contributed by atoms with Crippen LogP contribution in [0.1, 0.15) is 39.0 Å². The number of alkyl halides is 1. The highest BCUT2D eigenvalue weighted by Crippen LogP contribution is 2.24. The molecule has 1 fully saturated rings. The minimum absolute atomic E-state index is 0.198. The normalized spacial score (nSPS) is 26.2. The Balaban J connectivity index is 2.20.